The van der Waals surface area contributed by atoms with E-state index in [1.807, 2.05) is 0 Å². The van der Waals surface area contributed by atoms with E-state index in [2.05, 4.69) is 0 Å². The number of nitro groups is 1. The Morgan fingerprint density at radius 1 is 1.27 bits per heavy atom. The number of hydrogen-bond donors (Lipinski definition) is 1. The highest BCUT2D eigenvalue weighted by Gasteiger charge is 2.16. The van der Waals surface area contributed by atoms with Crippen LogP contribution in [0.3, 0.4) is 0 Å². The summed E-state index contributed by atoms with van der Waals surface area (Å²) in [5.74, 6) is -2.27. The summed E-state index contributed by atoms with van der Waals surface area (Å²) in [6.45, 7) is 0.891. The van der Waals surface area contributed by atoms with Crippen LogP contribution in [-0.4, -0.2) is 28.4 Å². The Hall–Kier alpha value is -3.55. The number of rotatable bonds is 7. The van der Waals surface area contributed by atoms with Gasteiger partial charge in [-0.25, -0.2) is 9.18 Å². The van der Waals surface area contributed by atoms with Crippen molar-refractivity contribution in [2.75, 3.05) is 6.61 Å². The lowest BCUT2D eigenvalue weighted by molar-refractivity contribution is -0.385. The van der Waals surface area contributed by atoms with Crippen LogP contribution in [0.4, 0.5) is 10.1 Å². The van der Waals surface area contributed by atoms with Gasteiger partial charge < -0.3 is 9.84 Å². The average Bonchev–Trinajstić information content (AvgIpc) is 2.58. The Bertz CT molecular complexity index is 907. The summed E-state index contributed by atoms with van der Waals surface area (Å²) in [6.07, 6.45) is 2.59. The molecule has 0 unspecified atom stereocenters. The number of allylic oxidation sites excluding steroid dienone is 1. The van der Waals surface area contributed by atoms with Crippen molar-refractivity contribution in [1.82, 2.24) is 0 Å². The number of nitrogens with zero attached hydrogens (tertiary/aromatic N) is 1. The fourth-order valence-corrected chi connectivity index (χ4v) is 2.21. The number of carbonyl (C=O) groups excluding carboxylic acids is 1. The summed E-state index contributed by atoms with van der Waals surface area (Å²) in [4.78, 5) is 33.1. The van der Waals surface area contributed by atoms with Crippen molar-refractivity contribution >= 4 is 23.5 Å². The van der Waals surface area contributed by atoms with Crippen molar-refractivity contribution in [2.24, 2.45) is 0 Å². The standard InChI is InChI=1S/C18H14FNO6/c1-11-8-13(19)4-5-14(11)16(21)6-2-12-3-7-17(26-10-18(22)23)15(9-12)20(24)25/h2-9H,10H2,1H3,(H,22,23)/b6-2+. The SMILES string of the molecule is Cc1cc(F)ccc1C(=O)/C=C/c1ccc(OCC(=O)O)c([N+](=O)[O-])c1. The molecule has 2 aromatic rings. The van der Waals surface area contributed by atoms with Gasteiger partial charge in [-0.1, -0.05) is 12.1 Å². The maximum absolute atomic E-state index is 13.1. The molecule has 7 nitrogen and oxygen atoms in total. The van der Waals surface area contributed by atoms with Crippen LogP contribution < -0.4 is 4.74 Å². The molecule has 0 atom stereocenters. The van der Waals surface area contributed by atoms with E-state index in [-0.39, 0.29) is 11.5 Å². The van der Waals surface area contributed by atoms with E-state index in [9.17, 15) is 24.1 Å². The predicted octanol–water partition coefficient (Wildman–Crippen LogP) is 3.40. The summed E-state index contributed by atoms with van der Waals surface area (Å²) < 4.78 is 18.0. The lowest BCUT2D eigenvalue weighted by atomic mass is 10.0. The zero-order chi connectivity index (χ0) is 19.3. The molecule has 0 heterocycles. The monoisotopic (exact) mass is 359 g/mol. The minimum absolute atomic E-state index is 0.185. The Morgan fingerprint density at radius 2 is 2.00 bits per heavy atom. The third-order valence-electron chi connectivity index (χ3n) is 3.41. The number of aryl methyl sites for hydroxylation is 1. The number of benzene rings is 2. The van der Waals surface area contributed by atoms with Crippen LogP contribution in [0.15, 0.2) is 42.5 Å². The van der Waals surface area contributed by atoms with Crippen LogP contribution in [-0.2, 0) is 4.79 Å². The van der Waals surface area contributed by atoms with Crippen LogP contribution in [0.2, 0.25) is 0 Å². The van der Waals surface area contributed by atoms with Gasteiger partial charge in [-0.3, -0.25) is 14.9 Å². The summed E-state index contributed by atoms with van der Waals surface area (Å²) >= 11 is 0. The number of carboxylic acids is 1. The molecule has 0 spiro atoms. The minimum atomic E-state index is -1.26. The second-order valence-electron chi connectivity index (χ2n) is 5.32. The maximum atomic E-state index is 13.1. The number of nitro benzene ring substituents is 1. The van der Waals surface area contributed by atoms with Gasteiger partial charge in [0.1, 0.15) is 5.82 Å². The molecule has 134 valence electrons. The number of ketones is 1. The normalized spacial score (nSPS) is 10.7. The van der Waals surface area contributed by atoms with Gasteiger partial charge in [-0.05, 0) is 48.4 Å². The summed E-state index contributed by atoms with van der Waals surface area (Å²) in [5.41, 5.74) is 0.730. The first kappa shape index (κ1) is 18.8. The van der Waals surface area contributed by atoms with E-state index in [1.54, 1.807) is 6.92 Å². The molecule has 0 radical (unpaired) electrons. The lowest BCUT2D eigenvalue weighted by Gasteiger charge is -2.05. The first-order valence-corrected chi connectivity index (χ1v) is 7.39. The van der Waals surface area contributed by atoms with E-state index in [0.29, 0.717) is 16.7 Å². The van der Waals surface area contributed by atoms with Crippen molar-refractivity contribution in [2.45, 2.75) is 6.92 Å². The molecule has 0 aliphatic rings. The molecule has 0 amide bonds. The number of carbonyl (C=O) groups is 2. The number of carboxylic acid groups (broad SMARTS) is 1. The van der Waals surface area contributed by atoms with Gasteiger partial charge in [0.25, 0.3) is 0 Å². The zero-order valence-electron chi connectivity index (χ0n) is 13.6. The Kier molecular flexibility index (Phi) is 5.79. The van der Waals surface area contributed by atoms with Crippen molar-refractivity contribution in [3.05, 3.63) is 75.1 Å². The highest BCUT2D eigenvalue weighted by Crippen LogP contribution is 2.28. The Morgan fingerprint density at radius 3 is 2.62 bits per heavy atom. The van der Waals surface area contributed by atoms with Crippen LogP contribution in [0.1, 0.15) is 21.5 Å². The number of aliphatic carboxylic acids is 1. The fraction of sp³-hybridized carbons (Fsp3) is 0.111. The van der Waals surface area contributed by atoms with Gasteiger partial charge >= 0.3 is 11.7 Å². The molecular weight excluding hydrogens is 345 g/mol. The van der Waals surface area contributed by atoms with Gasteiger partial charge in [0, 0.05) is 11.6 Å². The summed E-state index contributed by atoms with van der Waals surface area (Å²) in [6, 6.07) is 7.65. The predicted molar refractivity (Wildman–Crippen MR) is 90.7 cm³/mol. The van der Waals surface area contributed by atoms with E-state index in [4.69, 9.17) is 9.84 Å². The fourth-order valence-electron chi connectivity index (χ4n) is 2.21. The van der Waals surface area contributed by atoms with E-state index in [1.165, 1.54) is 48.6 Å². The molecule has 0 aromatic heterocycles. The molecule has 2 rings (SSSR count). The number of halogens is 1. The highest BCUT2D eigenvalue weighted by molar-refractivity contribution is 6.07. The summed E-state index contributed by atoms with van der Waals surface area (Å²) in [7, 11) is 0. The van der Waals surface area contributed by atoms with E-state index in [0.717, 1.165) is 0 Å². The molecule has 0 aliphatic heterocycles. The quantitative estimate of drug-likeness (QED) is 0.351. The zero-order valence-corrected chi connectivity index (χ0v) is 13.6. The van der Waals surface area contributed by atoms with Crippen molar-refractivity contribution in [3.63, 3.8) is 0 Å². The molecule has 26 heavy (non-hydrogen) atoms. The second-order valence-corrected chi connectivity index (χ2v) is 5.32. The molecule has 8 heteroatoms. The largest absolute Gasteiger partial charge is 0.479 e. The van der Waals surface area contributed by atoms with E-state index >= 15 is 0 Å². The smallest absolute Gasteiger partial charge is 0.341 e. The van der Waals surface area contributed by atoms with Gasteiger partial charge in [-0.2, -0.15) is 0 Å². The number of ether oxygens (including phenoxy) is 1. The van der Waals surface area contributed by atoms with Crippen LogP contribution in [0, 0.1) is 22.9 Å². The molecule has 0 bridgehead atoms. The highest BCUT2D eigenvalue weighted by atomic mass is 19.1. The second kappa shape index (κ2) is 8.02. The third kappa shape index (κ3) is 4.73. The molecule has 0 aliphatic carbocycles. The molecule has 1 N–H and O–H groups in total. The minimum Gasteiger partial charge on any atom is -0.479 e. The first-order valence-electron chi connectivity index (χ1n) is 7.39. The topological polar surface area (TPSA) is 107 Å². The van der Waals surface area contributed by atoms with Crippen LogP contribution in [0.25, 0.3) is 6.08 Å². The summed E-state index contributed by atoms with van der Waals surface area (Å²) in [5, 5.41) is 19.7. The van der Waals surface area contributed by atoms with Crippen molar-refractivity contribution in [3.8, 4) is 5.75 Å². The van der Waals surface area contributed by atoms with E-state index < -0.39 is 29.0 Å². The molecular formula is C18H14FNO6. The Labute approximate surface area is 147 Å². The average molecular weight is 359 g/mol. The number of hydrogen-bond acceptors (Lipinski definition) is 5. The Balaban J connectivity index is 2.24. The van der Waals surface area contributed by atoms with Gasteiger partial charge in [0.15, 0.2) is 18.1 Å². The van der Waals surface area contributed by atoms with Crippen molar-refractivity contribution in [1.29, 1.82) is 0 Å². The van der Waals surface area contributed by atoms with Crippen molar-refractivity contribution < 1.29 is 28.7 Å². The maximum Gasteiger partial charge on any atom is 0.341 e. The third-order valence-corrected chi connectivity index (χ3v) is 3.41. The van der Waals surface area contributed by atoms with Gasteiger partial charge in [0.2, 0.25) is 0 Å². The van der Waals surface area contributed by atoms with Gasteiger partial charge in [-0.15, -0.1) is 0 Å². The van der Waals surface area contributed by atoms with Gasteiger partial charge in [0.05, 0.1) is 4.92 Å². The lowest BCUT2D eigenvalue weighted by Crippen LogP contribution is -2.10. The van der Waals surface area contributed by atoms with Crippen LogP contribution >= 0.6 is 0 Å². The molecule has 0 fully saturated rings. The molecule has 0 saturated heterocycles. The van der Waals surface area contributed by atoms with Crippen LogP contribution in [0.5, 0.6) is 5.75 Å². The first-order chi connectivity index (χ1) is 12.3. The molecule has 0 saturated carbocycles. The molecule has 2 aromatic carbocycles.